The van der Waals surface area contributed by atoms with Crippen molar-refractivity contribution >= 4 is 18.0 Å². The van der Waals surface area contributed by atoms with Gasteiger partial charge in [0.2, 0.25) is 5.91 Å². The average molecular weight is 479 g/mol. The van der Waals surface area contributed by atoms with Crippen LogP contribution in [0.2, 0.25) is 0 Å². The minimum absolute atomic E-state index is 0.00205. The van der Waals surface area contributed by atoms with Crippen molar-refractivity contribution in [1.29, 1.82) is 0 Å². The van der Waals surface area contributed by atoms with Crippen LogP contribution in [0.5, 0.6) is 0 Å². The van der Waals surface area contributed by atoms with Gasteiger partial charge in [0.25, 0.3) is 0 Å². The van der Waals surface area contributed by atoms with Crippen molar-refractivity contribution in [3.05, 3.63) is 59.7 Å². The second-order valence-electron chi connectivity index (χ2n) is 9.68. The first-order valence-electron chi connectivity index (χ1n) is 12.1. The van der Waals surface area contributed by atoms with Crippen LogP contribution >= 0.6 is 0 Å². The van der Waals surface area contributed by atoms with Crippen molar-refractivity contribution in [3.8, 4) is 11.1 Å². The van der Waals surface area contributed by atoms with Crippen molar-refractivity contribution in [2.75, 3.05) is 33.4 Å². The Bertz CT molecular complexity index is 1100. The lowest BCUT2D eigenvalue weighted by atomic mass is 9.92. The van der Waals surface area contributed by atoms with Crippen molar-refractivity contribution in [2.45, 2.75) is 30.8 Å². The molecule has 0 spiro atoms. The first-order valence-corrected chi connectivity index (χ1v) is 12.1. The van der Waals surface area contributed by atoms with Gasteiger partial charge in [-0.15, -0.1) is 0 Å². The molecule has 0 bridgehead atoms. The third-order valence-corrected chi connectivity index (χ3v) is 7.64. The number of carboxylic acid groups (broad SMARTS) is 1. The highest BCUT2D eigenvalue weighted by molar-refractivity contribution is 5.84. The lowest BCUT2D eigenvalue weighted by Gasteiger charge is -2.39. The number of amides is 2. The van der Waals surface area contributed by atoms with Crippen LogP contribution in [0.3, 0.4) is 0 Å². The molecule has 8 nitrogen and oxygen atoms in total. The van der Waals surface area contributed by atoms with Crippen LogP contribution in [-0.2, 0) is 19.1 Å². The van der Waals surface area contributed by atoms with E-state index in [9.17, 15) is 19.5 Å². The molecule has 1 heterocycles. The van der Waals surface area contributed by atoms with E-state index in [4.69, 9.17) is 9.47 Å². The summed E-state index contributed by atoms with van der Waals surface area (Å²) >= 11 is 0. The van der Waals surface area contributed by atoms with Crippen molar-refractivity contribution < 1.29 is 29.0 Å². The van der Waals surface area contributed by atoms with Gasteiger partial charge >= 0.3 is 12.1 Å². The van der Waals surface area contributed by atoms with Gasteiger partial charge in [0.15, 0.2) is 5.60 Å². The number of ether oxygens (including phenoxy) is 2. The second kappa shape index (κ2) is 9.34. The molecule has 3 atom stereocenters. The summed E-state index contributed by atoms with van der Waals surface area (Å²) in [4.78, 5) is 38.6. The molecule has 8 heteroatoms. The van der Waals surface area contributed by atoms with Crippen LogP contribution in [0.25, 0.3) is 11.1 Å². The number of likely N-dealkylation sites (tertiary alicyclic amines) is 1. The Morgan fingerprint density at radius 3 is 2.37 bits per heavy atom. The van der Waals surface area contributed by atoms with Crippen LogP contribution in [0, 0.1) is 11.8 Å². The molecular formula is C27H30N2O6. The maximum Gasteiger partial charge on any atom is 0.407 e. The van der Waals surface area contributed by atoms with Crippen molar-refractivity contribution in [1.82, 2.24) is 10.2 Å². The second-order valence-corrected chi connectivity index (χ2v) is 9.68. The number of benzene rings is 2. The van der Waals surface area contributed by atoms with Gasteiger partial charge < -0.3 is 24.8 Å². The Labute approximate surface area is 204 Å². The Balaban J connectivity index is 1.11. The Morgan fingerprint density at radius 2 is 1.74 bits per heavy atom. The van der Waals surface area contributed by atoms with Gasteiger partial charge in [0, 0.05) is 32.0 Å². The predicted molar refractivity (Wildman–Crippen MR) is 128 cm³/mol. The summed E-state index contributed by atoms with van der Waals surface area (Å²) in [7, 11) is 1.38. The van der Waals surface area contributed by atoms with E-state index in [1.807, 2.05) is 24.3 Å². The fourth-order valence-corrected chi connectivity index (χ4v) is 5.51. The molecule has 2 aromatic carbocycles. The monoisotopic (exact) mass is 478 g/mol. The number of rotatable bonds is 7. The molecule has 1 saturated heterocycles. The maximum absolute atomic E-state index is 12.9. The molecule has 5 rings (SSSR count). The third-order valence-electron chi connectivity index (χ3n) is 7.64. The van der Waals surface area contributed by atoms with E-state index in [-0.39, 0.29) is 36.8 Å². The summed E-state index contributed by atoms with van der Waals surface area (Å²) in [6.07, 6.45) is 1.15. The third kappa shape index (κ3) is 4.38. The van der Waals surface area contributed by atoms with Crippen LogP contribution in [0.1, 0.15) is 36.3 Å². The molecule has 2 aromatic rings. The molecule has 2 aliphatic carbocycles. The molecule has 1 aliphatic heterocycles. The standard InChI is InChI=1S/C27H30N2O6/c1-34-27(25(31)32)11-6-12-29(16-27)24(30)22-13-17(22)14-28-26(33)35-15-23-20-9-4-2-7-18(20)19-8-3-5-10-21(19)23/h2-5,7-10,17,22-23H,6,11-16H2,1H3,(H,28,33)(H,31,32)/t17-,22-,27?/m1/s1. The molecule has 184 valence electrons. The van der Waals surface area contributed by atoms with E-state index in [1.165, 1.54) is 18.2 Å². The summed E-state index contributed by atoms with van der Waals surface area (Å²) in [5.41, 5.74) is 3.33. The zero-order valence-electron chi connectivity index (χ0n) is 19.7. The zero-order valence-corrected chi connectivity index (χ0v) is 19.7. The number of methoxy groups -OCH3 is 1. The minimum Gasteiger partial charge on any atom is -0.479 e. The normalized spacial score (nSPS) is 24.9. The molecule has 35 heavy (non-hydrogen) atoms. The van der Waals surface area contributed by atoms with Gasteiger partial charge in [-0.2, -0.15) is 0 Å². The number of fused-ring (bicyclic) bond motifs is 3. The molecular weight excluding hydrogens is 448 g/mol. The minimum atomic E-state index is -1.34. The van der Waals surface area contributed by atoms with Crippen LogP contribution in [0.4, 0.5) is 4.79 Å². The highest BCUT2D eigenvalue weighted by Crippen LogP contribution is 2.44. The number of nitrogens with one attached hydrogen (secondary N) is 1. The quantitative estimate of drug-likeness (QED) is 0.633. The molecule has 3 aliphatic rings. The first-order chi connectivity index (χ1) is 16.9. The van der Waals surface area contributed by atoms with Crippen LogP contribution in [0.15, 0.2) is 48.5 Å². The molecule has 2 amide bonds. The maximum atomic E-state index is 12.9. The lowest BCUT2D eigenvalue weighted by molar-refractivity contribution is -0.171. The molecule has 1 unspecified atom stereocenters. The van der Waals surface area contributed by atoms with Crippen molar-refractivity contribution in [3.63, 3.8) is 0 Å². The largest absolute Gasteiger partial charge is 0.479 e. The van der Waals surface area contributed by atoms with E-state index in [2.05, 4.69) is 29.6 Å². The zero-order chi connectivity index (χ0) is 24.6. The van der Waals surface area contributed by atoms with Crippen LogP contribution in [-0.4, -0.2) is 66.9 Å². The molecule has 0 aromatic heterocycles. The van der Waals surface area contributed by atoms with Gasteiger partial charge in [0.05, 0.1) is 6.54 Å². The fourth-order valence-electron chi connectivity index (χ4n) is 5.51. The number of carboxylic acids is 1. The summed E-state index contributed by atoms with van der Waals surface area (Å²) in [6.45, 7) is 1.19. The smallest absolute Gasteiger partial charge is 0.407 e. The molecule has 2 N–H and O–H groups in total. The van der Waals surface area contributed by atoms with Gasteiger partial charge in [-0.05, 0) is 47.4 Å². The highest BCUT2D eigenvalue weighted by Gasteiger charge is 2.49. The van der Waals surface area contributed by atoms with E-state index in [1.54, 1.807) is 4.90 Å². The Kier molecular flexibility index (Phi) is 6.23. The number of hydrogen-bond acceptors (Lipinski definition) is 5. The molecule has 0 radical (unpaired) electrons. The molecule has 2 fully saturated rings. The van der Waals surface area contributed by atoms with E-state index in [0.29, 0.717) is 32.4 Å². The summed E-state index contributed by atoms with van der Waals surface area (Å²) in [5.74, 6) is -1.27. The van der Waals surface area contributed by atoms with Crippen molar-refractivity contribution in [2.24, 2.45) is 11.8 Å². The first kappa shape index (κ1) is 23.4. The summed E-state index contributed by atoms with van der Waals surface area (Å²) in [5, 5.41) is 12.4. The number of carbonyl (C=O) groups excluding carboxylic acids is 2. The number of nitrogens with zero attached hydrogens (tertiary/aromatic N) is 1. The number of alkyl carbamates (subject to hydrolysis) is 1. The van der Waals surface area contributed by atoms with E-state index < -0.39 is 17.7 Å². The molecule has 1 saturated carbocycles. The Hall–Kier alpha value is -3.39. The van der Waals surface area contributed by atoms with E-state index >= 15 is 0 Å². The van der Waals surface area contributed by atoms with Gasteiger partial charge in [-0.25, -0.2) is 9.59 Å². The highest BCUT2D eigenvalue weighted by atomic mass is 16.5. The average Bonchev–Trinajstić information content (AvgIpc) is 3.60. The number of hydrogen-bond donors (Lipinski definition) is 2. The van der Waals surface area contributed by atoms with Gasteiger partial charge in [-0.1, -0.05) is 48.5 Å². The lowest BCUT2D eigenvalue weighted by Crippen LogP contribution is -2.56. The predicted octanol–water partition coefficient (Wildman–Crippen LogP) is 3.25. The van der Waals surface area contributed by atoms with E-state index in [0.717, 1.165) is 11.1 Å². The Morgan fingerprint density at radius 1 is 1.09 bits per heavy atom. The SMILES string of the molecule is COC1(C(=O)O)CCCN(C(=O)[C@@H]2C[C@@H]2CNC(=O)OCC2c3ccccc3-c3ccccc32)C1. The van der Waals surface area contributed by atoms with Gasteiger partial charge in [0.1, 0.15) is 6.61 Å². The fraction of sp³-hybridized carbons (Fsp3) is 0.444. The summed E-state index contributed by atoms with van der Waals surface area (Å²) < 4.78 is 10.8. The number of aliphatic carboxylic acids is 1. The van der Waals surface area contributed by atoms with Gasteiger partial charge in [-0.3, -0.25) is 4.79 Å². The summed E-state index contributed by atoms with van der Waals surface area (Å²) in [6, 6.07) is 16.4. The number of piperidine rings is 1. The topological polar surface area (TPSA) is 105 Å². The number of carbonyl (C=O) groups is 3. The van der Waals surface area contributed by atoms with Crippen LogP contribution < -0.4 is 5.32 Å².